The van der Waals surface area contributed by atoms with Crippen LogP contribution in [0.15, 0.2) is 113 Å². The van der Waals surface area contributed by atoms with Gasteiger partial charge in [-0.2, -0.15) is 5.10 Å². The summed E-state index contributed by atoms with van der Waals surface area (Å²) in [6.45, 7) is 0. The molecule has 198 valence electrons. The van der Waals surface area contributed by atoms with Crippen molar-refractivity contribution in [2.75, 3.05) is 12.9 Å². The van der Waals surface area contributed by atoms with Gasteiger partial charge in [-0.3, -0.25) is 4.79 Å². The highest BCUT2D eigenvalue weighted by molar-refractivity contribution is 8.00. The molecule has 0 saturated heterocycles. The van der Waals surface area contributed by atoms with Crippen molar-refractivity contribution in [1.29, 1.82) is 0 Å². The van der Waals surface area contributed by atoms with E-state index in [2.05, 4.69) is 10.2 Å². The third kappa shape index (κ3) is 5.18. The van der Waals surface area contributed by atoms with Gasteiger partial charge in [0.1, 0.15) is 22.3 Å². The predicted octanol–water partition coefficient (Wildman–Crippen LogP) is 6.91. The fourth-order valence-corrected chi connectivity index (χ4v) is 5.66. The molecule has 1 aliphatic rings. The maximum atomic E-state index is 13.6. The highest BCUT2D eigenvalue weighted by Gasteiger charge is 2.33. The van der Waals surface area contributed by atoms with Crippen molar-refractivity contribution in [2.45, 2.75) is 17.5 Å². The van der Waals surface area contributed by atoms with Gasteiger partial charge in [0, 0.05) is 22.8 Å². The largest absolute Gasteiger partial charge is 0.497 e. The molecule has 0 N–H and O–H groups in total. The highest BCUT2D eigenvalue weighted by Crippen LogP contribution is 2.36. The van der Waals surface area contributed by atoms with Gasteiger partial charge in [-0.1, -0.05) is 78.5 Å². The van der Waals surface area contributed by atoms with E-state index in [0.717, 1.165) is 38.9 Å². The van der Waals surface area contributed by atoms with Gasteiger partial charge in [0.25, 0.3) is 5.91 Å². The fourth-order valence-electron chi connectivity index (χ4n) is 4.83. The maximum Gasteiger partial charge on any atom is 0.253 e. The average molecular weight is 549 g/mol. The number of hydrogen-bond acceptors (Lipinski definition) is 6. The van der Waals surface area contributed by atoms with Gasteiger partial charge in [0.15, 0.2) is 0 Å². The second-order valence-electron chi connectivity index (χ2n) is 9.34. The van der Waals surface area contributed by atoms with Crippen LogP contribution in [-0.4, -0.2) is 39.7 Å². The number of benzene rings is 4. The van der Waals surface area contributed by atoms with Gasteiger partial charge < -0.3 is 4.74 Å². The van der Waals surface area contributed by atoms with E-state index in [-0.39, 0.29) is 23.5 Å². The van der Waals surface area contributed by atoms with Crippen LogP contribution in [0.1, 0.15) is 23.6 Å². The number of carbonyl (C=O) groups excluding carboxylic acids is 1. The molecule has 0 unspecified atom stereocenters. The number of thioether (sulfide) groups is 1. The van der Waals surface area contributed by atoms with Crippen LogP contribution in [0.3, 0.4) is 0 Å². The number of nitrogens with zero attached hydrogens (tertiary/aromatic N) is 4. The van der Waals surface area contributed by atoms with Gasteiger partial charge in [-0.05, 0) is 47.5 Å². The summed E-state index contributed by atoms with van der Waals surface area (Å²) in [4.78, 5) is 13.6. The first-order chi connectivity index (χ1) is 19.6. The Hall–Kier alpha value is -4.56. The molecule has 0 spiro atoms. The predicted molar refractivity (Wildman–Crippen MR) is 156 cm³/mol. The second kappa shape index (κ2) is 11.3. The van der Waals surface area contributed by atoms with Crippen molar-refractivity contribution >= 4 is 34.2 Å². The molecular formula is C32H25FN4O2S. The zero-order valence-corrected chi connectivity index (χ0v) is 22.5. The van der Waals surface area contributed by atoms with Gasteiger partial charge >= 0.3 is 0 Å². The van der Waals surface area contributed by atoms with E-state index in [1.807, 2.05) is 78.9 Å². The van der Waals surface area contributed by atoms with Crippen molar-refractivity contribution in [3.8, 4) is 17.0 Å². The number of methoxy groups -OCH3 is 1. The molecule has 1 amide bonds. The molecule has 5 aromatic rings. The summed E-state index contributed by atoms with van der Waals surface area (Å²) in [5.41, 5.74) is 4.30. The number of hydrogen-bond donors (Lipinski definition) is 0. The molecule has 4 aromatic carbocycles. The Labute approximate surface area is 235 Å². The summed E-state index contributed by atoms with van der Waals surface area (Å²) < 4.78 is 18.8. The number of rotatable bonds is 7. The number of ether oxygens (including phenoxy) is 1. The van der Waals surface area contributed by atoms with Crippen LogP contribution in [-0.2, 0) is 4.79 Å². The van der Waals surface area contributed by atoms with Gasteiger partial charge in [-0.25, -0.2) is 9.40 Å². The van der Waals surface area contributed by atoms with E-state index in [1.165, 1.54) is 23.9 Å². The van der Waals surface area contributed by atoms with Crippen molar-refractivity contribution in [2.24, 2.45) is 5.10 Å². The number of hydrazone groups is 1. The summed E-state index contributed by atoms with van der Waals surface area (Å²) in [5.74, 6) is 0.478. The summed E-state index contributed by atoms with van der Waals surface area (Å²) in [5, 5.41) is 17.7. The average Bonchev–Trinajstić information content (AvgIpc) is 3.46. The topological polar surface area (TPSA) is 67.7 Å². The Kier molecular flexibility index (Phi) is 7.25. The molecule has 0 aliphatic carbocycles. The molecule has 8 heteroatoms. The Bertz CT molecular complexity index is 1690. The zero-order valence-electron chi connectivity index (χ0n) is 21.7. The van der Waals surface area contributed by atoms with Crippen molar-refractivity contribution in [3.63, 3.8) is 0 Å². The van der Waals surface area contributed by atoms with Crippen LogP contribution in [0.25, 0.3) is 22.0 Å². The zero-order chi connectivity index (χ0) is 27.5. The Morgan fingerprint density at radius 1 is 0.875 bits per heavy atom. The minimum atomic E-state index is -0.306. The van der Waals surface area contributed by atoms with E-state index < -0.39 is 0 Å². The lowest BCUT2D eigenvalue weighted by Gasteiger charge is -2.22. The molecule has 0 bridgehead atoms. The Morgan fingerprint density at radius 3 is 2.30 bits per heavy atom. The van der Waals surface area contributed by atoms with Gasteiger partial charge in [0.05, 0.1) is 24.6 Å². The minimum Gasteiger partial charge on any atom is -0.497 e. The normalized spacial score (nSPS) is 14.8. The van der Waals surface area contributed by atoms with Gasteiger partial charge in [-0.15, -0.1) is 10.2 Å². The van der Waals surface area contributed by atoms with Crippen LogP contribution < -0.4 is 4.74 Å². The Morgan fingerprint density at radius 2 is 1.57 bits per heavy atom. The summed E-state index contributed by atoms with van der Waals surface area (Å²) in [7, 11) is 1.63. The van der Waals surface area contributed by atoms with E-state index in [9.17, 15) is 9.18 Å². The van der Waals surface area contributed by atoms with Crippen LogP contribution in [0, 0.1) is 5.82 Å². The van der Waals surface area contributed by atoms with Crippen molar-refractivity contribution in [1.82, 2.24) is 15.2 Å². The monoisotopic (exact) mass is 548 g/mol. The number of carbonyl (C=O) groups is 1. The van der Waals surface area contributed by atoms with Crippen molar-refractivity contribution < 1.29 is 13.9 Å². The van der Waals surface area contributed by atoms with E-state index in [4.69, 9.17) is 9.84 Å². The molecular weight excluding hydrogens is 523 g/mol. The number of aromatic nitrogens is 2. The van der Waals surface area contributed by atoms with E-state index >= 15 is 0 Å². The molecule has 6 rings (SSSR count). The van der Waals surface area contributed by atoms with Crippen LogP contribution in [0.5, 0.6) is 5.75 Å². The third-order valence-electron chi connectivity index (χ3n) is 6.88. The molecule has 40 heavy (non-hydrogen) atoms. The maximum absolute atomic E-state index is 13.6. The van der Waals surface area contributed by atoms with Crippen LogP contribution in [0.2, 0.25) is 0 Å². The summed E-state index contributed by atoms with van der Waals surface area (Å²) in [6.07, 6.45) is 0.613. The SMILES string of the molecule is COc1ccc([C@@H]2CC(c3ccccc3)=NN2C(=O)CSc2nnc(-c3ccc(F)cc3)c3ccccc23)cc1. The lowest BCUT2D eigenvalue weighted by molar-refractivity contribution is -0.130. The van der Waals surface area contributed by atoms with Crippen molar-refractivity contribution in [3.05, 3.63) is 120 Å². The second-order valence-corrected chi connectivity index (χ2v) is 10.3. The van der Waals surface area contributed by atoms with E-state index in [0.29, 0.717) is 17.1 Å². The first-order valence-electron chi connectivity index (χ1n) is 12.8. The number of halogens is 1. The molecule has 0 radical (unpaired) electrons. The van der Waals surface area contributed by atoms with Gasteiger partial charge in [0.2, 0.25) is 0 Å². The molecule has 6 nitrogen and oxygen atoms in total. The lowest BCUT2D eigenvalue weighted by atomic mass is 9.98. The van der Waals surface area contributed by atoms with Crippen LogP contribution in [0.4, 0.5) is 4.39 Å². The van der Waals surface area contributed by atoms with E-state index in [1.54, 1.807) is 24.3 Å². The molecule has 2 heterocycles. The number of fused-ring (bicyclic) bond motifs is 1. The molecule has 1 atom stereocenters. The lowest BCUT2D eigenvalue weighted by Crippen LogP contribution is -2.28. The Balaban J connectivity index is 1.27. The first-order valence-corrected chi connectivity index (χ1v) is 13.8. The summed E-state index contributed by atoms with van der Waals surface area (Å²) in [6, 6.07) is 31.5. The molecule has 1 aliphatic heterocycles. The third-order valence-corrected chi connectivity index (χ3v) is 7.84. The minimum absolute atomic E-state index is 0.120. The van der Waals surface area contributed by atoms with Crippen LogP contribution >= 0.6 is 11.8 Å². The fraction of sp³-hybridized carbons (Fsp3) is 0.125. The smallest absolute Gasteiger partial charge is 0.253 e. The molecule has 0 saturated carbocycles. The number of amides is 1. The summed E-state index contributed by atoms with van der Waals surface area (Å²) >= 11 is 1.34. The first kappa shape index (κ1) is 25.7. The highest BCUT2D eigenvalue weighted by atomic mass is 32.2. The quantitative estimate of drug-likeness (QED) is 0.207. The molecule has 1 aromatic heterocycles. The molecule has 0 fully saturated rings. The standard InChI is InChI=1S/C32H25FN4O2S/c1-39-25-17-13-22(14-18-25)29-19-28(21-7-3-2-4-8-21)36-37(29)30(38)20-40-32-27-10-6-5-9-26(27)31(34-35-32)23-11-15-24(33)16-12-23/h2-18,29H,19-20H2,1H3/t29-/m0/s1.